The molecule has 0 saturated heterocycles. The van der Waals surface area contributed by atoms with Crippen molar-refractivity contribution in [2.75, 3.05) is 5.32 Å². The van der Waals surface area contributed by atoms with Gasteiger partial charge in [0, 0.05) is 18.8 Å². The van der Waals surface area contributed by atoms with Crippen molar-refractivity contribution in [1.29, 1.82) is 0 Å². The van der Waals surface area contributed by atoms with Crippen molar-refractivity contribution >= 4 is 40.3 Å². The highest BCUT2D eigenvalue weighted by Gasteiger charge is 2.14. The standard InChI is InChI=1S/C13H12ClN5OS/c1-7-4-11-16-3-2-10(19(11)18-7)17-13(20)9-5-8(6-15)12(14)21-9/h2-5H,6,15H2,1H3,(H,17,20). The van der Waals surface area contributed by atoms with Crippen molar-refractivity contribution < 1.29 is 4.79 Å². The summed E-state index contributed by atoms with van der Waals surface area (Å²) in [6, 6.07) is 5.23. The summed E-state index contributed by atoms with van der Waals surface area (Å²) in [5.74, 6) is 0.305. The molecule has 0 fully saturated rings. The quantitative estimate of drug-likeness (QED) is 0.776. The van der Waals surface area contributed by atoms with E-state index in [4.69, 9.17) is 17.3 Å². The Morgan fingerprint density at radius 2 is 2.33 bits per heavy atom. The second-order valence-electron chi connectivity index (χ2n) is 4.45. The van der Waals surface area contributed by atoms with Crippen LogP contribution in [-0.4, -0.2) is 20.5 Å². The number of nitrogens with zero attached hydrogens (tertiary/aromatic N) is 3. The van der Waals surface area contributed by atoms with E-state index in [2.05, 4.69) is 15.4 Å². The van der Waals surface area contributed by atoms with E-state index in [-0.39, 0.29) is 5.91 Å². The van der Waals surface area contributed by atoms with E-state index < -0.39 is 0 Å². The lowest BCUT2D eigenvalue weighted by atomic mass is 10.3. The van der Waals surface area contributed by atoms with Crippen LogP contribution in [0.15, 0.2) is 24.4 Å². The normalized spacial score (nSPS) is 11.0. The van der Waals surface area contributed by atoms with Gasteiger partial charge in [0.2, 0.25) is 0 Å². The van der Waals surface area contributed by atoms with Gasteiger partial charge in [0.15, 0.2) is 5.65 Å². The Balaban J connectivity index is 1.92. The van der Waals surface area contributed by atoms with Crippen LogP contribution < -0.4 is 11.1 Å². The third-order valence-corrected chi connectivity index (χ3v) is 4.36. The topological polar surface area (TPSA) is 85.3 Å². The summed E-state index contributed by atoms with van der Waals surface area (Å²) < 4.78 is 2.13. The minimum Gasteiger partial charge on any atom is -0.326 e. The van der Waals surface area contributed by atoms with Crippen LogP contribution in [-0.2, 0) is 6.54 Å². The number of rotatable bonds is 3. The molecule has 6 nitrogen and oxygen atoms in total. The van der Waals surface area contributed by atoms with Gasteiger partial charge in [-0.25, -0.2) is 4.98 Å². The Bertz CT molecular complexity index is 825. The Hall–Kier alpha value is -1.96. The average Bonchev–Trinajstić information content (AvgIpc) is 3.01. The molecular weight excluding hydrogens is 310 g/mol. The minimum atomic E-state index is -0.248. The lowest BCUT2D eigenvalue weighted by Gasteiger charge is -2.05. The molecule has 1 amide bonds. The summed E-state index contributed by atoms with van der Waals surface area (Å²) in [7, 11) is 0. The molecule has 3 heterocycles. The number of nitrogens with one attached hydrogen (secondary N) is 1. The van der Waals surface area contributed by atoms with Gasteiger partial charge in [0.05, 0.1) is 14.9 Å². The zero-order chi connectivity index (χ0) is 15.0. The van der Waals surface area contributed by atoms with Gasteiger partial charge in [-0.15, -0.1) is 11.3 Å². The zero-order valence-electron chi connectivity index (χ0n) is 11.1. The van der Waals surface area contributed by atoms with Gasteiger partial charge < -0.3 is 11.1 Å². The fourth-order valence-electron chi connectivity index (χ4n) is 1.94. The number of fused-ring (bicyclic) bond motifs is 1. The first-order chi connectivity index (χ1) is 10.1. The molecule has 3 rings (SSSR count). The van der Waals surface area contributed by atoms with Crippen molar-refractivity contribution in [3.63, 3.8) is 0 Å². The van der Waals surface area contributed by atoms with Gasteiger partial charge in [-0.05, 0) is 24.6 Å². The Morgan fingerprint density at radius 1 is 1.52 bits per heavy atom. The van der Waals surface area contributed by atoms with Crippen molar-refractivity contribution in [3.05, 3.63) is 44.9 Å². The summed E-state index contributed by atoms with van der Waals surface area (Å²) in [5, 5.41) is 7.11. The van der Waals surface area contributed by atoms with Gasteiger partial charge in [-0.2, -0.15) is 9.61 Å². The van der Waals surface area contributed by atoms with E-state index in [9.17, 15) is 4.79 Å². The molecule has 0 aliphatic carbocycles. The van der Waals surface area contributed by atoms with Crippen molar-refractivity contribution in [3.8, 4) is 0 Å². The van der Waals surface area contributed by atoms with Crippen LogP contribution in [0.2, 0.25) is 4.34 Å². The molecule has 0 saturated carbocycles. The molecule has 0 unspecified atom stereocenters. The monoisotopic (exact) mass is 321 g/mol. The second-order valence-corrected chi connectivity index (χ2v) is 6.11. The molecule has 0 aliphatic heterocycles. The predicted molar refractivity (Wildman–Crippen MR) is 82.9 cm³/mol. The molecule has 3 aromatic rings. The van der Waals surface area contributed by atoms with E-state index in [0.717, 1.165) is 11.3 Å². The highest BCUT2D eigenvalue weighted by molar-refractivity contribution is 7.18. The first kappa shape index (κ1) is 14.0. The highest BCUT2D eigenvalue weighted by Crippen LogP contribution is 2.28. The summed E-state index contributed by atoms with van der Waals surface area (Å²) in [6.45, 7) is 2.17. The Kier molecular flexibility index (Phi) is 3.62. The van der Waals surface area contributed by atoms with E-state index >= 15 is 0 Å². The summed E-state index contributed by atoms with van der Waals surface area (Å²) >= 11 is 7.23. The number of nitrogens with two attached hydrogens (primary N) is 1. The fourth-order valence-corrected chi connectivity index (χ4v) is 3.13. The molecule has 0 aromatic carbocycles. The maximum atomic E-state index is 12.3. The molecule has 0 bridgehead atoms. The number of thiophene rings is 1. The number of aromatic nitrogens is 3. The van der Waals surface area contributed by atoms with Gasteiger partial charge in [-0.1, -0.05) is 11.6 Å². The number of aryl methyl sites for hydroxylation is 1. The van der Waals surface area contributed by atoms with Crippen LogP contribution in [0.3, 0.4) is 0 Å². The van der Waals surface area contributed by atoms with Crippen molar-refractivity contribution in [1.82, 2.24) is 14.6 Å². The third kappa shape index (κ3) is 2.63. The second kappa shape index (κ2) is 5.44. The molecule has 0 aliphatic rings. The van der Waals surface area contributed by atoms with Crippen molar-refractivity contribution in [2.24, 2.45) is 5.73 Å². The number of hydrogen-bond acceptors (Lipinski definition) is 5. The van der Waals surface area contributed by atoms with Crippen LogP contribution in [0.1, 0.15) is 20.9 Å². The number of hydrogen-bond donors (Lipinski definition) is 2. The Morgan fingerprint density at radius 3 is 3.05 bits per heavy atom. The first-order valence-electron chi connectivity index (χ1n) is 6.19. The maximum absolute atomic E-state index is 12.3. The van der Waals surface area contributed by atoms with Gasteiger partial charge in [-0.3, -0.25) is 4.79 Å². The van der Waals surface area contributed by atoms with E-state index in [0.29, 0.717) is 27.2 Å². The molecule has 0 radical (unpaired) electrons. The van der Waals surface area contributed by atoms with Crippen molar-refractivity contribution in [2.45, 2.75) is 13.5 Å². The van der Waals surface area contributed by atoms with Gasteiger partial charge >= 0.3 is 0 Å². The predicted octanol–water partition coefficient (Wildman–Crippen LogP) is 2.46. The lowest BCUT2D eigenvalue weighted by Crippen LogP contribution is -2.13. The fraction of sp³-hybridized carbons (Fsp3) is 0.154. The van der Waals surface area contributed by atoms with Crippen LogP contribution >= 0.6 is 22.9 Å². The van der Waals surface area contributed by atoms with E-state index in [1.807, 2.05) is 13.0 Å². The summed E-state index contributed by atoms with van der Waals surface area (Å²) in [4.78, 5) is 17.0. The largest absolute Gasteiger partial charge is 0.326 e. The van der Waals surface area contributed by atoms with E-state index in [1.54, 1.807) is 22.8 Å². The molecule has 0 atom stereocenters. The smallest absolute Gasteiger partial charge is 0.266 e. The molecule has 108 valence electrons. The molecule has 8 heteroatoms. The van der Waals surface area contributed by atoms with E-state index in [1.165, 1.54) is 11.3 Å². The number of carbonyl (C=O) groups is 1. The maximum Gasteiger partial charge on any atom is 0.266 e. The molecule has 3 N–H and O–H groups in total. The van der Waals surface area contributed by atoms with Crippen LogP contribution in [0.25, 0.3) is 5.65 Å². The number of amides is 1. The number of carbonyl (C=O) groups excluding carboxylic acids is 1. The minimum absolute atomic E-state index is 0.248. The third-order valence-electron chi connectivity index (χ3n) is 2.92. The molecular formula is C13H12ClN5OS. The van der Waals surface area contributed by atoms with Crippen LogP contribution in [0, 0.1) is 6.92 Å². The number of anilines is 1. The average molecular weight is 322 g/mol. The summed E-state index contributed by atoms with van der Waals surface area (Å²) in [5.41, 5.74) is 7.83. The molecule has 21 heavy (non-hydrogen) atoms. The van der Waals surface area contributed by atoms with Crippen LogP contribution in [0.5, 0.6) is 0 Å². The lowest BCUT2D eigenvalue weighted by molar-refractivity contribution is 0.103. The molecule has 0 spiro atoms. The first-order valence-corrected chi connectivity index (χ1v) is 7.39. The number of halogens is 1. The highest BCUT2D eigenvalue weighted by atomic mass is 35.5. The Labute approximate surface area is 129 Å². The van der Waals surface area contributed by atoms with Gasteiger partial charge in [0.1, 0.15) is 5.82 Å². The SMILES string of the molecule is Cc1cc2nccc(NC(=O)c3cc(CN)c(Cl)s3)n2n1. The molecule has 3 aromatic heterocycles. The van der Waals surface area contributed by atoms with Gasteiger partial charge in [0.25, 0.3) is 5.91 Å². The summed E-state index contributed by atoms with van der Waals surface area (Å²) in [6.07, 6.45) is 1.62. The van der Waals surface area contributed by atoms with Crippen LogP contribution in [0.4, 0.5) is 5.82 Å². The zero-order valence-corrected chi connectivity index (χ0v) is 12.7.